The number of benzene rings is 1. The van der Waals surface area contributed by atoms with E-state index in [9.17, 15) is 4.79 Å². The van der Waals surface area contributed by atoms with Crippen LogP contribution in [0.4, 0.5) is 0 Å². The van der Waals surface area contributed by atoms with Crippen molar-refractivity contribution in [2.75, 3.05) is 27.4 Å². The molecule has 0 aliphatic heterocycles. The molecule has 1 fully saturated rings. The van der Waals surface area contributed by atoms with E-state index in [1.165, 1.54) is 32.1 Å². The van der Waals surface area contributed by atoms with Gasteiger partial charge in [-0.3, -0.25) is 4.79 Å². The molecule has 1 aliphatic rings. The smallest absolute Gasteiger partial charge is 0.251 e. The number of carbonyl (C=O) groups excluding carboxylic acids is 1. The summed E-state index contributed by atoms with van der Waals surface area (Å²) in [6.45, 7) is 3.21. The van der Waals surface area contributed by atoms with Crippen LogP contribution < -0.4 is 14.8 Å². The van der Waals surface area contributed by atoms with Crippen LogP contribution in [0.5, 0.6) is 11.5 Å². The number of amides is 1. The number of ether oxygens (including phenoxy) is 3. The van der Waals surface area contributed by atoms with Crippen LogP contribution in [-0.4, -0.2) is 39.4 Å². The van der Waals surface area contributed by atoms with Gasteiger partial charge < -0.3 is 19.5 Å². The maximum Gasteiger partial charge on any atom is 0.251 e. The molecule has 1 saturated carbocycles. The Balaban J connectivity index is 1.87. The van der Waals surface area contributed by atoms with Gasteiger partial charge in [0, 0.05) is 24.3 Å². The molecule has 1 aromatic rings. The van der Waals surface area contributed by atoms with Crippen LogP contribution >= 0.6 is 0 Å². The second-order valence-electron chi connectivity index (χ2n) is 6.54. The van der Waals surface area contributed by atoms with Crippen molar-refractivity contribution >= 4 is 12.0 Å². The molecule has 1 N–H and O–H groups in total. The summed E-state index contributed by atoms with van der Waals surface area (Å²) in [5.41, 5.74) is 1.38. The van der Waals surface area contributed by atoms with E-state index in [-0.39, 0.29) is 5.91 Å². The molecule has 0 unspecified atom stereocenters. The molecule has 0 aromatic heterocycles. The Hall–Kier alpha value is -2.01. The first kappa shape index (κ1) is 20.3. The molecule has 26 heavy (non-hydrogen) atoms. The zero-order valence-corrected chi connectivity index (χ0v) is 16.2. The highest BCUT2D eigenvalue weighted by Crippen LogP contribution is 2.33. The fraction of sp³-hybridized carbons (Fsp3) is 0.571. The van der Waals surface area contributed by atoms with E-state index < -0.39 is 0 Å². The summed E-state index contributed by atoms with van der Waals surface area (Å²) in [6, 6.07) is 3.52. The van der Waals surface area contributed by atoms with Crippen molar-refractivity contribution in [2.24, 2.45) is 0 Å². The third-order valence-corrected chi connectivity index (χ3v) is 4.63. The SMILES string of the molecule is C/C=C/c1cc(C(=O)NCCCOC2CCCCC2)cc(OC)c1OC. The second kappa shape index (κ2) is 10.9. The van der Waals surface area contributed by atoms with Gasteiger partial charge in [0.2, 0.25) is 0 Å². The van der Waals surface area contributed by atoms with Crippen molar-refractivity contribution in [3.05, 3.63) is 29.3 Å². The number of rotatable bonds is 9. The number of hydrogen-bond acceptors (Lipinski definition) is 4. The van der Waals surface area contributed by atoms with Crippen LogP contribution in [0.2, 0.25) is 0 Å². The normalized spacial score (nSPS) is 15.2. The van der Waals surface area contributed by atoms with Gasteiger partial charge >= 0.3 is 0 Å². The van der Waals surface area contributed by atoms with Gasteiger partial charge in [0.15, 0.2) is 11.5 Å². The number of carbonyl (C=O) groups is 1. The van der Waals surface area contributed by atoms with Gasteiger partial charge in [0.1, 0.15) is 0 Å². The van der Waals surface area contributed by atoms with Crippen molar-refractivity contribution in [1.82, 2.24) is 5.32 Å². The summed E-state index contributed by atoms with van der Waals surface area (Å²) in [6.07, 6.45) is 11.3. The van der Waals surface area contributed by atoms with Gasteiger partial charge in [0.25, 0.3) is 5.91 Å². The molecule has 5 nitrogen and oxygen atoms in total. The van der Waals surface area contributed by atoms with Crippen molar-refractivity contribution < 1.29 is 19.0 Å². The van der Waals surface area contributed by atoms with Crippen molar-refractivity contribution in [3.63, 3.8) is 0 Å². The molecule has 0 radical (unpaired) electrons. The highest BCUT2D eigenvalue weighted by molar-refractivity contribution is 5.95. The molecule has 0 heterocycles. The monoisotopic (exact) mass is 361 g/mol. The average molecular weight is 361 g/mol. The lowest BCUT2D eigenvalue weighted by Gasteiger charge is -2.21. The fourth-order valence-electron chi connectivity index (χ4n) is 3.29. The van der Waals surface area contributed by atoms with E-state index in [1.54, 1.807) is 20.3 Å². The van der Waals surface area contributed by atoms with Crippen molar-refractivity contribution in [2.45, 2.75) is 51.6 Å². The molecule has 0 bridgehead atoms. The third kappa shape index (κ3) is 5.77. The van der Waals surface area contributed by atoms with Gasteiger partial charge in [-0.2, -0.15) is 0 Å². The second-order valence-corrected chi connectivity index (χ2v) is 6.54. The third-order valence-electron chi connectivity index (χ3n) is 4.63. The minimum Gasteiger partial charge on any atom is -0.493 e. The molecular formula is C21H31NO4. The quantitative estimate of drug-likeness (QED) is 0.670. The molecule has 0 spiro atoms. The first-order valence-corrected chi connectivity index (χ1v) is 9.48. The maximum absolute atomic E-state index is 12.5. The Morgan fingerprint density at radius 3 is 2.62 bits per heavy atom. The van der Waals surface area contributed by atoms with Crippen LogP contribution in [0.15, 0.2) is 18.2 Å². The fourth-order valence-corrected chi connectivity index (χ4v) is 3.29. The van der Waals surface area contributed by atoms with Crippen LogP contribution in [0.1, 0.15) is 61.4 Å². The number of allylic oxidation sites excluding steroid dienone is 1. The summed E-state index contributed by atoms with van der Waals surface area (Å²) in [7, 11) is 3.17. The van der Waals surface area contributed by atoms with E-state index in [0.717, 1.165) is 12.0 Å². The van der Waals surface area contributed by atoms with E-state index in [2.05, 4.69) is 5.32 Å². The number of hydrogen-bond donors (Lipinski definition) is 1. The molecular weight excluding hydrogens is 330 g/mol. The number of nitrogens with one attached hydrogen (secondary N) is 1. The van der Waals surface area contributed by atoms with Crippen molar-refractivity contribution in [1.29, 1.82) is 0 Å². The lowest BCUT2D eigenvalue weighted by Crippen LogP contribution is -2.26. The minimum atomic E-state index is -0.116. The molecule has 144 valence electrons. The Bertz CT molecular complexity index is 606. The van der Waals surface area contributed by atoms with Crippen molar-refractivity contribution in [3.8, 4) is 11.5 Å². The van der Waals surface area contributed by atoms with Crippen LogP contribution in [0.3, 0.4) is 0 Å². The van der Waals surface area contributed by atoms with Crippen LogP contribution in [0, 0.1) is 0 Å². The van der Waals surface area contributed by atoms with E-state index in [0.29, 0.717) is 36.3 Å². The molecule has 5 heteroatoms. The highest BCUT2D eigenvalue weighted by atomic mass is 16.5. The van der Waals surface area contributed by atoms with Gasteiger partial charge in [-0.05, 0) is 38.3 Å². The zero-order valence-electron chi connectivity index (χ0n) is 16.2. The molecule has 2 rings (SSSR count). The summed E-state index contributed by atoms with van der Waals surface area (Å²) in [5.74, 6) is 1.06. The first-order valence-electron chi connectivity index (χ1n) is 9.48. The summed E-state index contributed by atoms with van der Waals surface area (Å²) >= 11 is 0. The summed E-state index contributed by atoms with van der Waals surface area (Å²) in [4.78, 5) is 12.5. The van der Waals surface area contributed by atoms with Gasteiger partial charge in [-0.15, -0.1) is 0 Å². The molecule has 1 aliphatic carbocycles. The zero-order chi connectivity index (χ0) is 18.8. The summed E-state index contributed by atoms with van der Waals surface area (Å²) in [5, 5.41) is 2.96. The predicted octanol–water partition coefficient (Wildman–Crippen LogP) is 4.21. The van der Waals surface area contributed by atoms with Crippen LogP contribution in [-0.2, 0) is 4.74 Å². The molecule has 1 aromatic carbocycles. The van der Waals surface area contributed by atoms with Gasteiger partial charge in [-0.25, -0.2) is 0 Å². The maximum atomic E-state index is 12.5. The van der Waals surface area contributed by atoms with Gasteiger partial charge in [0.05, 0.1) is 20.3 Å². The topological polar surface area (TPSA) is 56.8 Å². The Labute approximate surface area is 156 Å². The minimum absolute atomic E-state index is 0.116. The first-order chi connectivity index (χ1) is 12.7. The number of methoxy groups -OCH3 is 2. The Morgan fingerprint density at radius 2 is 1.96 bits per heavy atom. The standard InChI is InChI=1S/C21H31NO4/c1-4-9-16-14-17(15-19(24-2)20(16)25-3)21(23)22-12-8-13-26-18-10-6-5-7-11-18/h4,9,14-15,18H,5-8,10-13H2,1-3H3,(H,22,23)/b9-4+. The molecule has 0 atom stereocenters. The van der Waals surface area contributed by atoms with E-state index in [1.807, 2.05) is 25.1 Å². The largest absolute Gasteiger partial charge is 0.493 e. The van der Waals surface area contributed by atoms with Gasteiger partial charge in [-0.1, -0.05) is 31.4 Å². The van der Waals surface area contributed by atoms with E-state index >= 15 is 0 Å². The highest BCUT2D eigenvalue weighted by Gasteiger charge is 2.15. The Morgan fingerprint density at radius 1 is 1.19 bits per heavy atom. The Kier molecular flexibility index (Phi) is 8.48. The molecule has 1 amide bonds. The average Bonchev–Trinajstić information content (AvgIpc) is 2.68. The lowest BCUT2D eigenvalue weighted by atomic mass is 9.98. The summed E-state index contributed by atoms with van der Waals surface area (Å²) < 4.78 is 16.7. The lowest BCUT2D eigenvalue weighted by molar-refractivity contribution is 0.0273. The van der Waals surface area contributed by atoms with Crippen LogP contribution in [0.25, 0.3) is 6.08 Å². The molecule has 0 saturated heterocycles. The van der Waals surface area contributed by atoms with E-state index in [4.69, 9.17) is 14.2 Å². The predicted molar refractivity (Wildman–Crippen MR) is 104 cm³/mol.